The van der Waals surface area contributed by atoms with E-state index in [-0.39, 0.29) is 30.6 Å². The molecule has 3 rings (SSSR count). The Bertz CT molecular complexity index is 1100. The zero-order chi connectivity index (χ0) is 25.8. The molecule has 0 spiro atoms. The highest BCUT2D eigenvalue weighted by molar-refractivity contribution is 6.36. The predicted molar refractivity (Wildman–Crippen MR) is 126 cm³/mol. The Morgan fingerprint density at radius 2 is 1.97 bits per heavy atom. The van der Waals surface area contributed by atoms with Crippen LogP contribution in [0.5, 0.6) is 5.75 Å². The van der Waals surface area contributed by atoms with Crippen molar-refractivity contribution in [1.82, 2.24) is 15.6 Å². The van der Waals surface area contributed by atoms with E-state index in [2.05, 4.69) is 15.6 Å². The number of halogens is 4. The van der Waals surface area contributed by atoms with Crippen molar-refractivity contribution in [2.75, 3.05) is 33.5 Å². The molecular formula is C23H25Cl2F2N3O5. The number of amides is 2. The van der Waals surface area contributed by atoms with E-state index in [0.717, 1.165) is 0 Å². The number of carbonyl (C=O) groups excluding carboxylic acids is 2. The van der Waals surface area contributed by atoms with Gasteiger partial charge in [-0.2, -0.15) is 0 Å². The van der Waals surface area contributed by atoms with Crippen molar-refractivity contribution in [3.05, 3.63) is 45.7 Å². The summed E-state index contributed by atoms with van der Waals surface area (Å²) in [6.07, 6.45) is -1.16. The van der Waals surface area contributed by atoms with E-state index in [1.807, 2.05) is 0 Å². The van der Waals surface area contributed by atoms with Gasteiger partial charge in [0.15, 0.2) is 5.54 Å². The molecule has 0 saturated carbocycles. The van der Waals surface area contributed by atoms with Crippen LogP contribution in [-0.4, -0.2) is 62.3 Å². The van der Waals surface area contributed by atoms with Crippen molar-refractivity contribution < 1.29 is 32.6 Å². The minimum atomic E-state index is -2.68. The number of carbonyl (C=O) groups is 2. The average Bonchev–Trinajstić information content (AvgIpc) is 2.74. The van der Waals surface area contributed by atoms with Crippen LogP contribution in [-0.2, 0) is 19.1 Å². The summed E-state index contributed by atoms with van der Waals surface area (Å²) in [5.41, 5.74) is 1.08. The Morgan fingerprint density at radius 1 is 1.26 bits per heavy atom. The summed E-state index contributed by atoms with van der Waals surface area (Å²) in [7, 11) is 1.38. The number of hydrogen-bond donors (Lipinski definition) is 2. The molecular weight excluding hydrogens is 507 g/mol. The Labute approximate surface area is 211 Å². The second kappa shape index (κ2) is 11.5. The first-order valence-electron chi connectivity index (χ1n) is 10.6. The third kappa shape index (κ3) is 6.38. The van der Waals surface area contributed by atoms with Crippen LogP contribution in [0.15, 0.2) is 24.4 Å². The summed E-state index contributed by atoms with van der Waals surface area (Å²) >= 11 is 12.3. The Morgan fingerprint density at radius 3 is 2.54 bits per heavy atom. The molecule has 2 aromatic rings. The monoisotopic (exact) mass is 531 g/mol. The summed E-state index contributed by atoms with van der Waals surface area (Å²) in [5, 5.41) is 5.92. The van der Waals surface area contributed by atoms with Crippen LogP contribution >= 0.6 is 23.2 Å². The molecule has 190 valence electrons. The number of aromatic nitrogens is 1. The SMILES string of the molecule is COCC(=O)NC1(C(=O)N[C@H](C)c2ncc(-c3cc(Cl)cc(Cl)c3OCC(F)F)cc2C)COC1. The van der Waals surface area contributed by atoms with Gasteiger partial charge in [-0.3, -0.25) is 14.6 Å². The smallest absolute Gasteiger partial charge is 0.272 e. The summed E-state index contributed by atoms with van der Waals surface area (Å²) in [4.78, 5) is 29.4. The van der Waals surface area contributed by atoms with E-state index in [9.17, 15) is 18.4 Å². The van der Waals surface area contributed by atoms with Crippen LogP contribution in [0.3, 0.4) is 0 Å². The summed E-state index contributed by atoms with van der Waals surface area (Å²) < 4.78 is 40.6. The lowest BCUT2D eigenvalue weighted by molar-refractivity contribution is -0.155. The molecule has 0 aliphatic carbocycles. The van der Waals surface area contributed by atoms with Gasteiger partial charge in [-0.1, -0.05) is 23.2 Å². The molecule has 1 aliphatic rings. The number of ether oxygens (including phenoxy) is 3. The zero-order valence-electron chi connectivity index (χ0n) is 19.3. The molecule has 2 N–H and O–H groups in total. The molecule has 0 radical (unpaired) electrons. The van der Waals surface area contributed by atoms with Crippen molar-refractivity contribution in [2.45, 2.75) is 31.9 Å². The van der Waals surface area contributed by atoms with Crippen molar-refractivity contribution in [3.8, 4) is 16.9 Å². The fraction of sp³-hybridized carbons (Fsp3) is 0.435. The molecule has 1 aromatic heterocycles. The van der Waals surface area contributed by atoms with Gasteiger partial charge in [0, 0.05) is 29.5 Å². The maximum atomic E-state index is 12.9. The van der Waals surface area contributed by atoms with Gasteiger partial charge in [-0.05, 0) is 37.6 Å². The Hall–Kier alpha value is -2.53. The minimum absolute atomic E-state index is 0.0449. The first kappa shape index (κ1) is 27.1. The topological polar surface area (TPSA) is 98.8 Å². The van der Waals surface area contributed by atoms with E-state index >= 15 is 0 Å². The van der Waals surface area contributed by atoms with Crippen molar-refractivity contribution in [2.24, 2.45) is 0 Å². The normalized spacial score (nSPS) is 15.3. The molecule has 1 fully saturated rings. The molecule has 2 heterocycles. The maximum Gasteiger partial charge on any atom is 0.272 e. The third-order valence-corrected chi connectivity index (χ3v) is 5.83. The van der Waals surface area contributed by atoms with Gasteiger partial charge in [-0.15, -0.1) is 0 Å². The van der Waals surface area contributed by atoms with Gasteiger partial charge in [0.05, 0.1) is 30.0 Å². The third-order valence-electron chi connectivity index (χ3n) is 5.34. The van der Waals surface area contributed by atoms with Crippen LogP contribution in [0.1, 0.15) is 24.2 Å². The molecule has 35 heavy (non-hydrogen) atoms. The lowest BCUT2D eigenvalue weighted by Gasteiger charge is -2.40. The molecule has 0 bridgehead atoms. The zero-order valence-corrected chi connectivity index (χ0v) is 20.8. The second-order valence-corrected chi connectivity index (χ2v) is 8.99. The first-order valence-corrected chi connectivity index (χ1v) is 11.4. The lowest BCUT2D eigenvalue weighted by atomic mass is 9.95. The average molecular weight is 532 g/mol. The Kier molecular flexibility index (Phi) is 8.87. The number of methoxy groups -OCH3 is 1. The van der Waals surface area contributed by atoms with E-state index in [0.29, 0.717) is 27.4 Å². The van der Waals surface area contributed by atoms with Gasteiger partial charge in [-0.25, -0.2) is 8.78 Å². The highest BCUT2D eigenvalue weighted by atomic mass is 35.5. The molecule has 0 unspecified atom stereocenters. The quantitative estimate of drug-likeness (QED) is 0.484. The lowest BCUT2D eigenvalue weighted by Crippen LogP contribution is -2.70. The highest BCUT2D eigenvalue weighted by Gasteiger charge is 2.47. The molecule has 8 nitrogen and oxygen atoms in total. The highest BCUT2D eigenvalue weighted by Crippen LogP contribution is 2.39. The van der Waals surface area contributed by atoms with Crippen LogP contribution in [0, 0.1) is 6.92 Å². The predicted octanol–water partition coefficient (Wildman–Crippen LogP) is 3.72. The second-order valence-electron chi connectivity index (χ2n) is 8.14. The van der Waals surface area contributed by atoms with Crippen molar-refractivity contribution in [1.29, 1.82) is 0 Å². The van der Waals surface area contributed by atoms with Gasteiger partial charge in [0.2, 0.25) is 5.91 Å². The van der Waals surface area contributed by atoms with Gasteiger partial charge in [0.25, 0.3) is 12.3 Å². The minimum Gasteiger partial charge on any atom is -0.485 e. The Balaban J connectivity index is 1.81. The number of nitrogens with zero attached hydrogens (tertiary/aromatic N) is 1. The van der Waals surface area contributed by atoms with Gasteiger partial charge in [0.1, 0.15) is 19.0 Å². The fourth-order valence-corrected chi connectivity index (χ4v) is 4.21. The van der Waals surface area contributed by atoms with E-state index in [1.165, 1.54) is 19.4 Å². The molecule has 1 aromatic carbocycles. The fourth-order valence-electron chi connectivity index (χ4n) is 3.66. The molecule has 2 amide bonds. The number of aryl methyl sites for hydroxylation is 1. The number of rotatable bonds is 10. The van der Waals surface area contributed by atoms with Gasteiger partial charge < -0.3 is 24.8 Å². The van der Waals surface area contributed by atoms with Crippen LogP contribution in [0.2, 0.25) is 10.0 Å². The van der Waals surface area contributed by atoms with Crippen LogP contribution in [0.4, 0.5) is 8.78 Å². The number of alkyl halides is 2. The summed E-state index contributed by atoms with van der Waals surface area (Å²) in [5.74, 6) is -0.761. The van der Waals surface area contributed by atoms with Crippen LogP contribution in [0.25, 0.3) is 11.1 Å². The van der Waals surface area contributed by atoms with E-state index < -0.39 is 36.4 Å². The largest absolute Gasteiger partial charge is 0.485 e. The summed E-state index contributed by atoms with van der Waals surface area (Å²) in [6.45, 7) is 2.64. The number of benzene rings is 1. The molecule has 1 atom stereocenters. The number of hydrogen-bond acceptors (Lipinski definition) is 6. The van der Waals surface area contributed by atoms with Crippen LogP contribution < -0.4 is 15.4 Å². The molecule has 12 heteroatoms. The van der Waals surface area contributed by atoms with Gasteiger partial charge >= 0.3 is 0 Å². The number of nitrogens with one attached hydrogen (secondary N) is 2. The van der Waals surface area contributed by atoms with Crippen molar-refractivity contribution >= 4 is 35.0 Å². The number of pyridine rings is 1. The first-order chi connectivity index (χ1) is 16.6. The van der Waals surface area contributed by atoms with E-state index in [1.54, 1.807) is 26.0 Å². The molecule has 1 saturated heterocycles. The standard InChI is InChI=1S/C23H25Cl2F2N3O5/c1-12-4-14(16-5-15(24)6-17(25)21(16)35-8-18(26)27)7-28-20(12)13(2)29-22(32)23(10-34-11-23)30-19(31)9-33-3/h4-7,13,18H,8-11H2,1-3H3,(H,29,32)(H,30,31)/t13-/m1/s1. The maximum absolute atomic E-state index is 12.9. The molecule has 1 aliphatic heterocycles. The summed E-state index contributed by atoms with van der Waals surface area (Å²) in [6, 6.07) is 4.22. The van der Waals surface area contributed by atoms with Crippen molar-refractivity contribution in [3.63, 3.8) is 0 Å². The van der Waals surface area contributed by atoms with E-state index in [4.69, 9.17) is 37.4 Å².